The summed E-state index contributed by atoms with van der Waals surface area (Å²) in [6, 6.07) is 7.24. The van der Waals surface area contributed by atoms with Crippen LogP contribution in [0.15, 0.2) is 53.6 Å². The van der Waals surface area contributed by atoms with Gasteiger partial charge in [0, 0.05) is 49.9 Å². The molecular formula is C18H17N5O2. The first-order valence-corrected chi connectivity index (χ1v) is 8.22. The first-order valence-electron chi connectivity index (χ1n) is 8.22. The third-order valence-corrected chi connectivity index (χ3v) is 4.35. The van der Waals surface area contributed by atoms with Crippen LogP contribution in [-0.2, 0) is 6.42 Å². The van der Waals surface area contributed by atoms with Crippen LogP contribution in [-0.4, -0.2) is 44.0 Å². The Morgan fingerprint density at radius 3 is 2.88 bits per heavy atom. The molecule has 0 N–H and O–H groups in total. The SMILES string of the molecule is O=C(c1cccnc1)N1CCC(Cc2noc(-c3ccncc3)n2)C1. The van der Waals surface area contributed by atoms with Crippen molar-refractivity contribution in [2.75, 3.05) is 13.1 Å². The second-order valence-electron chi connectivity index (χ2n) is 6.10. The molecular weight excluding hydrogens is 318 g/mol. The number of aromatic nitrogens is 4. The molecule has 0 spiro atoms. The second-order valence-corrected chi connectivity index (χ2v) is 6.10. The van der Waals surface area contributed by atoms with Crippen molar-refractivity contribution in [3.8, 4) is 11.5 Å². The van der Waals surface area contributed by atoms with Crippen LogP contribution in [0, 0.1) is 5.92 Å². The van der Waals surface area contributed by atoms with Gasteiger partial charge in [-0.1, -0.05) is 5.16 Å². The highest BCUT2D eigenvalue weighted by Gasteiger charge is 2.28. The highest BCUT2D eigenvalue weighted by Crippen LogP contribution is 2.23. The zero-order chi connectivity index (χ0) is 17.1. The Morgan fingerprint density at radius 2 is 2.08 bits per heavy atom. The monoisotopic (exact) mass is 335 g/mol. The van der Waals surface area contributed by atoms with Crippen molar-refractivity contribution in [2.45, 2.75) is 12.8 Å². The van der Waals surface area contributed by atoms with E-state index in [0.29, 0.717) is 36.2 Å². The summed E-state index contributed by atoms with van der Waals surface area (Å²) in [6.07, 6.45) is 8.29. The van der Waals surface area contributed by atoms with Crippen molar-refractivity contribution in [3.05, 3.63) is 60.4 Å². The fourth-order valence-corrected chi connectivity index (χ4v) is 3.06. The molecule has 1 aliphatic heterocycles. The van der Waals surface area contributed by atoms with Crippen molar-refractivity contribution in [1.82, 2.24) is 25.0 Å². The number of amides is 1. The number of rotatable bonds is 4. The Kier molecular flexibility index (Phi) is 4.20. The Labute approximate surface area is 144 Å². The van der Waals surface area contributed by atoms with Crippen LogP contribution in [0.2, 0.25) is 0 Å². The standard InChI is InChI=1S/C18H17N5O2/c24-18(15-2-1-6-20-11-15)23-9-5-13(12-23)10-16-21-17(25-22-16)14-3-7-19-8-4-14/h1-4,6-8,11,13H,5,9-10,12H2. The molecule has 1 atom stereocenters. The van der Waals surface area contributed by atoms with Gasteiger partial charge in [-0.3, -0.25) is 14.8 Å². The lowest BCUT2D eigenvalue weighted by molar-refractivity contribution is 0.0786. The highest BCUT2D eigenvalue weighted by molar-refractivity contribution is 5.94. The van der Waals surface area contributed by atoms with Gasteiger partial charge in [-0.15, -0.1) is 0 Å². The Hall–Kier alpha value is -3.09. The van der Waals surface area contributed by atoms with Gasteiger partial charge >= 0.3 is 0 Å². The molecule has 0 aliphatic carbocycles. The fourth-order valence-electron chi connectivity index (χ4n) is 3.06. The van der Waals surface area contributed by atoms with Gasteiger partial charge in [-0.25, -0.2) is 0 Å². The normalized spacial score (nSPS) is 17.0. The summed E-state index contributed by atoms with van der Waals surface area (Å²) in [7, 11) is 0. The molecule has 1 aliphatic rings. The van der Waals surface area contributed by atoms with E-state index in [9.17, 15) is 4.79 Å². The average Bonchev–Trinajstić information content (AvgIpc) is 3.33. The Bertz CT molecular complexity index is 850. The Morgan fingerprint density at radius 1 is 1.20 bits per heavy atom. The van der Waals surface area contributed by atoms with E-state index in [2.05, 4.69) is 20.1 Å². The third-order valence-electron chi connectivity index (χ3n) is 4.35. The average molecular weight is 335 g/mol. The molecule has 1 fully saturated rings. The maximum atomic E-state index is 12.5. The molecule has 0 saturated carbocycles. The summed E-state index contributed by atoms with van der Waals surface area (Å²) >= 11 is 0. The number of carbonyl (C=O) groups is 1. The number of hydrogen-bond acceptors (Lipinski definition) is 6. The van der Waals surface area contributed by atoms with E-state index >= 15 is 0 Å². The zero-order valence-corrected chi connectivity index (χ0v) is 13.6. The summed E-state index contributed by atoms with van der Waals surface area (Å²) in [5.41, 5.74) is 1.48. The number of likely N-dealkylation sites (tertiary alicyclic amines) is 1. The van der Waals surface area contributed by atoms with E-state index in [1.54, 1.807) is 36.9 Å². The first kappa shape index (κ1) is 15.4. The molecule has 4 heterocycles. The fraction of sp³-hybridized carbons (Fsp3) is 0.278. The summed E-state index contributed by atoms with van der Waals surface area (Å²) in [5, 5.41) is 4.06. The smallest absolute Gasteiger partial charge is 0.258 e. The number of nitrogens with zero attached hydrogens (tertiary/aromatic N) is 5. The maximum absolute atomic E-state index is 12.5. The van der Waals surface area contributed by atoms with Crippen LogP contribution in [0.3, 0.4) is 0 Å². The van der Waals surface area contributed by atoms with Crippen LogP contribution in [0.25, 0.3) is 11.5 Å². The van der Waals surface area contributed by atoms with Gasteiger partial charge in [-0.05, 0) is 36.6 Å². The molecule has 126 valence electrons. The summed E-state index contributed by atoms with van der Waals surface area (Å²) in [4.78, 5) is 26.8. The van der Waals surface area contributed by atoms with E-state index in [-0.39, 0.29) is 5.91 Å². The van der Waals surface area contributed by atoms with Crippen LogP contribution < -0.4 is 0 Å². The molecule has 3 aromatic heterocycles. The molecule has 25 heavy (non-hydrogen) atoms. The van der Waals surface area contributed by atoms with E-state index in [0.717, 1.165) is 18.5 Å². The van der Waals surface area contributed by atoms with Gasteiger partial charge in [0.15, 0.2) is 5.82 Å². The number of pyridine rings is 2. The minimum Gasteiger partial charge on any atom is -0.338 e. The molecule has 7 heteroatoms. The van der Waals surface area contributed by atoms with Gasteiger partial charge in [0.2, 0.25) is 0 Å². The molecule has 0 aromatic carbocycles. The van der Waals surface area contributed by atoms with Gasteiger partial charge in [-0.2, -0.15) is 4.98 Å². The zero-order valence-electron chi connectivity index (χ0n) is 13.6. The van der Waals surface area contributed by atoms with Crippen LogP contribution in [0.4, 0.5) is 0 Å². The lowest BCUT2D eigenvalue weighted by Gasteiger charge is -2.15. The van der Waals surface area contributed by atoms with E-state index in [1.807, 2.05) is 17.0 Å². The van der Waals surface area contributed by atoms with Crippen LogP contribution >= 0.6 is 0 Å². The lowest BCUT2D eigenvalue weighted by atomic mass is 10.1. The maximum Gasteiger partial charge on any atom is 0.258 e. The summed E-state index contributed by atoms with van der Waals surface area (Å²) < 4.78 is 5.33. The Balaban J connectivity index is 1.39. The second kappa shape index (κ2) is 6.80. The topological polar surface area (TPSA) is 85.0 Å². The van der Waals surface area contributed by atoms with E-state index in [4.69, 9.17) is 4.52 Å². The molecule has 1 unspecified atom stereocenters. The molecule has 7 nitrogen and oxygen atoms in total. The number of carbonyl (C=O) groups excluding carboxylic acids is 1. The van der Waals surface area contributed by atoms with Crippen LogP contribution in [0.5, 0.6) is 0 Å². The van der Waals surface area contributed by atoms with Gasteiger partial charge < -0.3 is 9.42 Å². The van der Waals surface area contributed by atoms with E-state index in [1.165, 1.54) is 0 Å². The largest absolute Gasteiger partial charge is 0.338 e. The van der Waals surface area contributed by atoms with Crippen molar-refractivity contribution in [2.24, 2.45) is 5.92 Å². The van der Waals surface area contributed by atoms with Gasteiger partial charge in [0.1, 0.15) is 0 Å². The van der Waals surface area contributed by atoms with Crippen molar-refractivity contribution >= 4 is 5.91 Å². The lowest BCUT2D eigenvalue weighted by Crippen LogP contribution is -2.29. The molecule has 0 radical (unpaired) electrons. The molecule has 1 amide bonds. The number of hydrogen-bond donors (Lipinski definition) is 0. The molecule has 1 saturated heterocycles. The summed E-state index contributed by atoms with van der Waals surface area (Å²) in [5.74, 6) is 1.54. The molecule has 4 rings (SSSR count). The van der Waals surface area contributed by atoms with Gasteiger partial charge in [0.05, 0.1) is 5.56 Å². The summed E-state index contributed by atoms with van der Waals surface area (Å²) in [6.45, 7) is 1.44. The first-order chi connectivity index (χ1) is 12.3. The predicted octanol–water partition coefficient (Wildman–Crippen LogP) is 2.23. The van der Waals surface area contributed by atoms with E-state index < -0.39 is 0 Å². The van der Waals surface area contributed by atoms with Crippen molar-refractivity contribution in [3.63, 3.8) is 0 Å². The quantitative estimate of drug-likeness (QED) is 0.727. The van der Waals surface area contributed by atoms with Crippen molar-refractivity contribution < 1.29 is 9.32 Å². The highest BCUT2D eigenvalue weighted by atomic mass is 16.5. The van der Waals surface area contributed by atoms with Crippen molar-refractivity contribution in [1.29, 1.82) is 0 Å². The van der Waals surface area contributed by atoms with Crippen LogP contribution in [0.1, 0.15) is 22.6 Å². The third kappa shape index (κ3) is 3.40. The minimum absolute atomic E-state index is 0.0289. The van der Waals surface area contributed by atoms with Gasteiger partial charge in [0.25, 0.3) is 11.8 Å². The predicted molar refractivity (Wildman–Crippen MR) is 89.5 cm³/mol. The minimum atomic E-state index is 0.0289. The molecule has 3 aromatic rings. The molecule has 0 bridgehead atoms.